The number of aryl methyl sites for hydroxylation is 1. The van der Waals surface area contributed by atoms with Gasteiger partial charge in [0.2, 0.25) is 0 Å². The highest BCUT2D eigenvalue weighted by Gasteiger charge is 2.18. The molecule has 0 saturated carbocycles. The molecule has 0 unspecified atom stereocenters. The molecule has 0 saturated heterocycles. The van der Waals surface area contributed by atoms with Crippen LogP contribution >= 0.6 is 11.6 Å². The number of carbonyl (C=O) groups is 2. The van der Waals surface area contributed by atoms with Crippen LogP contribution in [0.4, 0.5) is 0 Å². The van der Waals surface area contributed by atoms with Crippen molar-refractivity contribution in [3.8, 4) is 16.9 Å². The maximum Gasteiger partial charge on any atom is 0.336 e. The number of ether oxygens (including phenoxy) is 1. The molecule has 0 spiro atoms. The monoisotopic (exact) mass is 513 g/mol. The quantitative estimate of drug-likeness (QED) is 0.248. The number of carboxylic acid groups (broad SMARTS) is 1. The van der Waals surface area contributed by atoms with Gasteiger partial charge < -0.3 is 14.7 Å². The Labute approximate surface area is 221 Å². The van der Waals surface area contributed by atoms with E-state index in [9.17, 15) is 14.7 Å². The average molecular weight is 514 g/mol. The summed E-state index contributed by atoms with van der Waals surface area (Å²) in [5.74, 6) is -0.558. The standard InChI is InChI=1S/C31H28ClNO4/c1-37-29-18-17-25(20-28(29)32)30(34)33(19-7-10-22-8-3-2-4-9-22)21-23-13-15-24(16-14-23)26-11-5-6-12-27(26)31(35)36/h2-6,8-9,11-18,20H,7,10,19,21H2,1H3,(H,35,36). The molecule has 0 aliphatic heterocycles. The minimum absolute atomic E-state index is 0.113. The predicted molar refractivity (Wildman–Crippen MR) is 146 cm³/mol. The van der Waals surface area contributed by atoms with Crippen LogP contribution in [0.3, 0.4) is 0 Å². The topological polar surface area (TPSA) is 66.8 Å². The van der Waals surface area contributed by atoms with E-state index in [1.165, 1.54) is 12.7 Å². The third-order valence-corrected chi connectivity index (χ3v) is 6.51. The smallest absolute Gasteiger partial charge is 0.336 e. The summed E-state index contributed by atoms with van der Waals surface area (Å²) in [6.45, 7) is 0.985. The average Bonchev–Trinajstić information content (AvgIpc) is 2.93. The summed E-state index contributed by atoms with van der Waals surface area (Å²) < 4.78 is 5.23. The van der Waals surface area contributed by atoms with Gasteiger partial charge in [-0.25, -0.2) is 4.79 Å². The lowest BCUT2D eigenvalue weighted by atomic mass is 9.98. The van der Waals surface area contributed by atoms with E-state index in [1.807, 2.05) is 53.4 Å². The third-order valence-electron chi connectivity index (χ3n) is 6.22. The largest absolute Gasteiger partial charge is 0.495 e. The van der Waals surface area contributed by atoms with Gasteiger partial charge in [-0.2, -0.15) is 0 Å². The Morgan fingerprint density at radius 3 is 2.24 bits per heavy atom. The van der Waals surface area contributed by atoms with Gasteiger partial charge in [0.05, 0.1) is 17.7 Å². The molecule has 4 aromatic carbocycles. The van der Waals surface area contributed by atoms with Crippen LogP contribution < -0.4 is 4.74 Å². The zero-order chi connectivity index (χ0) is 26.2. The first-order chi connectivity index (χ1) is 18.0. The van der Waals surface area contributed by atoms with E-state index in [1.54, 1.807) is 36.4 Å². The third kappa shape index (κ3) is 6.57. The SMILES string of the molecule is COc1ccc(C(=O)N(CCCc2ccccc2)Cc2ccc(-c3ccccc3C(=O)O)cc2)cc1Cl. The van der Waals surface area contributed by atoms with Crippen molar-refractivity contribution >= 4 is 23.5 Å². The Balaban J connectivity index is 1.55. The highest BCUT2D eigenvalue weighted by Crippen LogP contribution is 2.27. The summed E-state index contributed by atoms with van der Waals surface area (Å²) in [4.78, 5) is 27.0. The van der Waals surface area contributed by atoms with Crippen LogP contribution in [0, 0.1) is 0 Å². The van der Waals surface area contributed by atoms with Crippen LogP contribution in [0.1, 0.15) is 38.3 Å². The Bertz CT molecular complexity index is 1370. The van der Waals surface area contributed by atoms with Crippen LogP contribution in [-0.4, -0.2) is 35.5 Å². The van der Waals surface area contributed by atoms with Crippen LogP contribution in [0.15, 0.2) is 97.1 Å². The van der Waals surface area contributed by atoms with E-state index >= 15 is 0 Å². The second-order valence-corrected chi connectivity index (χ2v) is 9.12. The molecule has 0 aromatic heterocycles. The molecule has 1 N–H and O–H groups in total. The molecule has 4 aromatic rings. The highest BCUT2D eigenvalue weighted by molar-refractivity contribution is 6.32. The number of nitrogens with zero attached hydrogens (tertiary/aromatic N) is 1. The molecular formula is C31H28ClNO4. The van der Waals surface area contributed by atoms with Crippen LogP contribution in [-0.2, 0) is 13.0 Å². The van der Waals surface area contributed by atoms with Crippen LogP contribution in [0.5, 0.6) is 5.75 Å². The van der Waals surface area contributed by atoms with E-state index < -0.39 is 5.97 Å². The molecule has 0 aliphatic rings. The molecule has 6 heteroatoms. The van der Waals surface area contributed by atoms with Crippen molar-refractivity contribution in [3.05, 3.63) is 124 Å². The normalized spacial score (nSPS) is 10.6. The first-order valence-electron chi connectivity index (χ1n) is 12.0. The number of amides is 1. The minimum Gasteiger partial charge on any atom is -0.495 e. The van der Waals surface area contributed by atoms with Gasteiger partial charge in [-0.3, -0.25) is 4.79 Å². The first kappa shape index (κ1) is 26.0. The predicted octanol–water partition coefficient (Wildman–Crippen LogP) is 6.99. The fourth-order valence-electron chi connectivity index (χ4n) is 4.28. The number of carboxylic acids is 1. The Morgan fingerprint density at radius 1 is 0.865 bits per heavy atom. The number of rotatable bonds is 10. The summed E-state index contributed by atoms with van der Waals surface area (Å²) in [6.07, 6.45) is 1.67. The number of methoxy groups -OCH3 is 1. The molecule has 0 fully saturated rings. The molecule has 0 heterocycles. The minimum atomic E-state index is -0.965. The van der Waals surface area contributed by atoms with Gasteiger partial charge >= 0.3 is 5.97 Å². The van der Waals surface area contributed by atoms with Crippen molar-refractivity contribution in [3.63, 3.8) is 0 Å². The Hall–Kier alpha value is -4.09. The van der Waals surface area contributed by atoms with Crippen molar-refractivity contribution in [1.82, 2.24) is 4.90 Å². The number of benzene rings is 4. The Morgan fingerprint density at radius 2 is 1.57 bits per heavy atom. The molecule has 0 atom stereocenters. The van der Waals surface area contributed by atoms with Gasteiger partial charge in [0.15, 0.2) is 0 Å². The Kier molecular flexibility index (Phi) is 8.60. The van der Waals surface area contributed by atoms with Crippen LogP contribution in [0.25, 0.3) is 11.1 Å². The number of aromatic carboxylic acids is 1. The second-order valence-electron chi connectivity index (χ2n) is 8.71. The maximum absolute atomic E-state index is 13.5. The van der Waals surface area contributed by atoms with E-state index in [-0.39, 0.29) is 11.5 Å². The van der Waals surface area contributed by atoms with E-state index in [2.05, 4.69) is 12.1 Å². The number of halogens is 1. The van der Waals surface area contributed by atoms with E-state index in [0.717, 1.165) is 24.0 Å². The molecule has 188 valence electrons. The lowest BCUT2D eigenvalue weighted by Crippen LogP contribution is -2.31. The van der Waals surface area contributed by atoms with Gasteiger partial charge in [0.1, 0.15) is 5.75 Å². The van der Waals surface area contributed by atoms with Gasteiger partial charge in [-0.1, -0.05) is 84.4 Å². The molecule has 37 heavy (non-hydrogen) atoms. The van der Waals surface area contributed by atoms with Crippen molar-refractivity contribution < 1.29 is 19.4 Å². The van der Waals surface area contributed by atoms with E-state index in [4.69, 9.17) is 16.3 Å². The molecule has 0 aliphatic carbocycles. The summed E-state index contributed by atoms with van der Waals surface area (Å²) in [7, 11) is 1.54. The zero-order valence-electron chi connectivity index (χ0n) is 20.6. The summed E-state index contributed by atoms with van der Waals surface area (Å²) in [5, 5.41) is 9.91. The molecule has 0 bridgehead atoms. The van der Waals surface area contributed by atoms with Crippen molar-refractivity contribution in [2.24, 2.45) is 0 Å². The number of hydrogen-bond acceptors (Lipinski definition) is 3. The van der Waals surface area contributed by atoms with Gasteiger partial charge in [-0.15, -0.1) is 0 Å². The van der Waals surface area contributed by atoms with Crippen molar-refractivity contribution in [1.29, 1.82) is 0 Å². The first-order valence-corrected chi connectivity index (χ1v) is 12.4. The molecule has 5 nitrogen and oxygen atoms in total. The maximum atomic E-state index is 13.5. The van der Waals surface area contributed by atoms with Gasteiger partial charge in [0, 0.05) is 18.7 Å². The van der Waals surface area contributed by atoms with Gasteiger partial charge in [-0.05, 0) is 59.4 Å². The van der Waals surface area contributed by atoms with Gasteiger partial charge in [0.25, 0.3) is 5.91 Å². The fourth-order valence-corrected chi connectivity index (χ4v) is 4.54. The highest BCUT2D eigenvalue weighted by atomic mass is 35.5. The molecule has 4 rings (SSSR count). The molecule has 0 radical (unpaired) electrons. The number of hydrogen-bond donors (Lipinski definition) is 1. The van der Waals surface area contributed by atoms with Crippen molar-refractivity contribution in [2.75, 3.05) is 13.7 Å². The molecular weight excluding hydrogens is 486 g/mol. The van der Waals surface area contributed by atoms with Crippen molar-refractivity contribution in [2.45, 2.75) is 19.4 Å². The second kappa shape index (κ2) is 12.2. The fraction of sp³-hybridized carbons (Fsp3) is 0.161. The summed E-state index contributed by atoms with van der Waals surface area (Å²) in [5.41, 5.74) is 4.39. The zero-order valence-corrected chi connectivity index (χ0v) is 21.3. The van der Waals surface area contributed by atoms with E-state index in [0.29, 0.717) is 35.0 Å². The molecule has 1 amide bonds. The summed E-state index contributed by atoms with van der Waals surface area (Å²) >= 11 is 6.30. The van der Waals surface area contributed by atoms with Crippen LogP contribution in [0.2, 0.25) is 5.02 Å². The lowest BCUT2D eigenvalue weighted by molar-refractivity contribution is 0.0696. The number of carbonyl (C=O) groups excluding carboxylic acids is 1. The lowest BCUT2D eigenvalue weighted by Gasteiger charge is -2.24. The summed E-state index contributed by atoms with van der Waals surface area (Å²) in [6, 6.07) is 29.9.